The number of para-hydroxylation sites is 1. The first-order chi connectivity index (χ1) is 27.5. The number of aromatic hydroxyl groups is 1. The van der Waals surface area contributed by atoms with E-state index in [9.17, 15) is 19.8 Å². The SMILES string of the molecule is Cc1ncsc1-c1ccc([C@H](C)NC(=O)[C@@H]2C[C@@H](O)CN2C(=O)[C@@H](c2cc(N3CCN(c4ccc5cc(-c6ccccc6O)nnc5c4)CC3)sn2)C(C)C)cc1. The maximum absolute atomic E-state index is 14.3. The van der Waals surface area contributed by atoms with Gasteiger partial charge in [-0.25, -0.2) is 4.98 Å². The highest BCUT2D eigenvalue weighted by molar-refractivity contribution is 7.13. The van der Waals surface area contributed by atoms with Gasteiger partial charge in [0.1, 0.15) is 16.8 Å². The third-order valence-electron chi connectivity index (χ3n) is 11.1. The molecule has 57 heavy (non-hydrogen) atoms. The van der Waals surface area contributed by atoms with E-state index >= 15 is 0 Å². The molecule has 0 bridgehead atoms. The van der Waals surface area contributed by atoms with Gasteiger partial charge in [0.2, 0.25) is 11.8 Å². The number of aryl methyl sites for hydroxylation is 1. The van der Waals surface area contributed by atoms with E-state index in [0.717, 1.165) is 69.5 Å². The normalized spacial score (nSPS) is 18.3. The number of nitrogens with one attached hydrogen (secondary N) is 1. The molecule has 2 fully saturated rings. The minimum absolute atomic E-state index is 0.0733. The van der Waals surface area contributed by atoms with Crippen molar-refractivity contribution in [1.82, 2.24) is 29.8 Å². The van der Waals surface area contributed by atoms with Crippen LogP contribution in [0.3, 0.4) is 0 Å². The van der Waals surface area contributed by atoms with Crippen molar-refractivity contribution in [3.8, 4) is 27.4 Å². The summed E-state index contributed by atoms with van der Waals surface area (Å²) in [6.45, 7) is 11.2. The molecule has 2 amide bonds. The van der Waals surface area contributed by atoms with Crippen LogP contribution in [0.4, 0.5) is 10.7 Å². The monoisotopic (exact) mass is 802 g/mol. The van der Waals surface area contributed by atoms with Crippen LogP contribution in [0.25, 0.3) is 32.6 Å². The number of rotatable bonds is 10. The Kier molecular flexibility index (Phi) is 10.9. The van der Waals surface area contributed by atoms with Gasteiger partial charge >= 0.3 is 0 Å². The van der Waals surface area contributed by atoms with E-state index in [1.165, 1.54) is 11.5 Å². The van der Waals surface area contributed by atoms with E-state index in [2.05, 4.69) is 42.4 Å². The molecule has 12 nitrogen and oxygen atoms in total. The summed E-state index contributed by atoms with van der Waals surface area (Å²) in [5.41, 5.74) is 8.69. The van der Waals surface area contributed by atoms with Crippen LogP contribution in [0.5, 0.6) is 5.75 Å². The van der Waals surface area contributed by atoms with Gasteiger partial charge in [-0.3, -0.25) is 9.59 Å². The zero-order chi connectivity index (χ0) is 39.8. The van der Waals surface area contributed by atoms with Gasteiger partial charge in [0, 0.05) is 55.8 Å². The quantitative estimate of drug-likeness (QED) is 0.135. The Balaban J connectivity index is 0.903. The van der Waals surface area contributed by atoms with E-state index in [0.29, 0.717) is 17.0 Å². The first-order valence-corrected chi connectivity index (χ1v) is 21.0. The molecule has 0 unspecified atom stereocenters. The van der Waals surface area contributed by atoms with Crippen molar-refractivity contribution in [2.45, 2.75) is 58.2 Å². The van der Waals surface area contributed by atoms with E-state index < -0.39 is 18.1 Å². The number of carbonyl (C=O) groups excluding carboxylic acids is 2. The predicted octanol–water partition coefficient (Wildman–Crippen LogP) is 6.80. The van der Waals surface area contributed by atoms with Gasteiger partial charge in [-0.15, -0.1) is 21.5 Å². The number of amides is 2. The van der Waals surface area contributed by atoms with Crippen LogP contribution in [-0.4, -0.2) is 91.4 Å². The van der Waals surface area contributed by atoms with Gasteiger partial charge in [-0.05, 0) is 78.8 Å². The maximum atomic E-state index is 14.3. The summed E-state index contributed by atoms with van der Waals surface area (Å²) in [5, 5.41) is 34.9. The van der Waals surface area contributed by atoms with Crippen LogP contribution in [0.15, 0.2) is 84.4 Å². The van der Waals surface area contributed by atoms with Gasteiger partial charge in [-0.1, -0.05) is 56.3 Å². The fourth-order valence-corrected chi connectivity index (χ4v) is 9.58. The number of hydrogen-bond acceptors (Lipinski definition) is 12. The second kappa shape index (κ2) is 16.2. The van der Waals surface area contributed by atoms with Crippen molar-refractivity contribution < 1.29 is 19.8 Å². The van der Waals surface area contributed by atoms with Crippen LogP contribution < -0.4 is 15.1 Å². The number of fused-ring (bicyclic) bond motifs is 1. The summed E-state index contributed by atoms with van der Waals surface area (Å²) < 4.78 is 4.80. The molecule has 3 aromatic heterocycles. The Labute approximate surface area is 340 Å². The molecule has 0 aliphatic carbocycles. The highest BCUT2D eigenvalue weighted by Gasteiger charge is 2.43. The molecule has 2 saturated heterocycles. The van der Waals surface area contributed by atoms with Crippen molar-refractivity contribution in [2.75, 3.05) is 42.5 Å². The number of anilines is 2. The molecule has 14 heteroatoms. The Hall–Kier alpha value is -5.44. The van der Waals surface area contributed by atoms with Gasteiger partial charge in [0.05, 0.1) is 51.0 Å². The van der Waals surface area contributed by atoms with Gasteiger partial charge in [-0.2, -0.15) is 4.37 Å². The number of phenolic OH excluding ortho intramolecular Hbond substituents is 1. The van der Waals surface area contributed by atoms with Gasteiger partial charge < -0.3 is 30.2 Å². The van der Waals surface area contributed by atoms with E-state index in [-0.39, 0.29) is 42.5 Å². The first-order valence-electron chi connectivity index (χ1n) is 19.4. The third-order valence-corrected chi connectivity index (χ3v) is 13.0. The molecule has 0 radical (unpaired) electrons. The Morgan fingerprint density at radius 3 is 2.39 bits per heavy atom. The zero-order valence-electron chi connectivity index (χ0n) is 32.4. The van der Waals surface area contributed by atoms with Crippen molar-refractivity contribution in [1.29, 1.82) is 0 Å². The zero-order valence-corrected chi connectivity index (χ0v) is 34.0. The fraction of sp³-hybridized carbons (Fsp3) is 0.349. The van der Waals surface area contributed by atoms with E-state index in [4.69, 9.17) is 4.37 Å². The average molecular weight is 803 g/mol. The van der Waals surface area contributed by atoms with Crippen molar-refractivity contribution >= 4 is 56.3 Å². The number of nitrogens with zero attached hydrogens (tertiary/aromatic N) is 7. The Morgan fingerprint density at radius 2 is 1.67 bits per heavy atom. The molecule has 3 N–H and O–H groups in total. The molecular formula is C43H46N8O4S2. The number of aromatic nitrogens is 4. The number of β-amino-alcohol motifs (C(OH)–C–C–N with tert-alkyl or cyclic N) is 1. The summed E-state index contributed by atoms with van der Waals surface area (Å²) >= 11 is 2.99. The Morgan fingerprint density at radius 1 is 0.912 bits per heavy atom. The lowest BCUT2D eigenvalue weighted by Crippen LogP contribution is -2.48. The van der Waals surface area contributed by atoms with E-state index in [1.807, 2.05) is 87.8 Å². The molecule has 294 valence electrons. The van der Waals surface area contributed by atoms with Crippen LogP contribution in [0.1, 0.15) is 56.1 Å². The average Bonchev–Trinajstić information content (AvgIpc) is 3.98. The summed E-state index contributed by atoms with van der Waals surface area (Å²) in [6.07, 6.45) is -0.595. The summed E-state index contributed by atoms with van der Waals surface area (Å²) in [6, 6.07) is 24.3. The number of carbonyl (C=O) groups is 2. The minimum atomic E-state index is -0.784. The second-order valence-electron chi connectivity index (χ2n) is 15.3. The smallest absolute Gasteiger partial charge is 0.243 e. The lowest BCUT2D eigenvalue weighted by molar-refractivity contribution is -0.140. The molecule has 4 atom stereocenters. The largest absolute Gasteiger partial charge is 0.507 e. The lowest BCUT2D eigenvalue weighted by atomic mass is 9.90. The van der Waals surface area contributed by atoms with Gasteiger partial charge in [0.25, 0.3) is 0 Å². The number of piperazine rings is 1. The van der Waals surface area contributed by atoms with E-state index in [1.54, 1.807) is 28.4 Å². The molecule has 0 saturated carbocycles. The van der Waals surface area contributed by atoms with Crippen molar-refractivity contribution in [3.05, 3.63) is 101 Å². The van der Waals surface area contributed by atoms with Crippen LogP contribution >= 0.6 is 22.9 Å². The number of phenols is 1. The Bertz CT molecular complexity index is 2390. The summed E-state index contributed by atoms with van der Waals surface area (Å²) in [5.74, 6) is -0.915. The topological polar surface area (TPSA) is 148 Å². The number of benzene rings is 3. The minimum Gasteiger partial charge on any atom is -0.507 e. The molecule has 5 heterocycles. The summed E-state index contributed by atoms with van der Waals surface area (Å²) in [4.78, 5) is 39.7. The lowest BCUT2D eigenvalue weighted by Gasteiger charge is -2.36. The molecule has 0 spiro atoms. The molecule has 2 aliphatic rings. The maximum Gasteiger partial charge on any atom is 0.243 e. The number of aliphatic hydroxyl groups is 1. The van der Waals surface area contributed by atoms with Crippen LogP contribution in [0, 0.1) is 12.8 Å². The summed E-state index contributed by atoms with van der Waals surface area (Å²) in [7, 11) is 0. The van der Waals surface area contributed by atoms with Crippen molar-refractivity contribution in [2.24, 2.45) is 5.92 Å². The number of likely N-dealkylation sites (tertiary alicyclic amines) is 1. The second-order valence-corrected chi connectivity index (χ2v) is 16.9. The molecule has 8 rings (SSSR count). The fourth-order valence-electron chi connectivity index (χ4n) is 7.94. The van der Waals surface area contributed by atoms with Gasteiger partial charge in [0.15, 0.2) is 0 Å². The highest BCUT2D eigenvalue weighted by Crippen LogP contribution is 2.36. The predicted molar refractivity (Wildman–Crippen MR) is 226 cm³/mol. The number of aliphatic hydroxyl groups excluding tert-OH is 1. The number of thiazole rings is 1. The van der Waals surface area contributed by atoms with Crippen LogP contribution in [0.2, 0.25) is 0 Å². The molecule has 3 aromatic carbocycles. The molecular weight excluding hydrogens is 757 g/mol. The van der Waals surface area contributed by atoms with Crippen molar-refractivity contribution in [3.63, 3.8) is 0 Å². The third kappa shape index (κ3) is 7.94. The van der Waals surface area contributed by atoms with Crippen LogP contribution in [-0.2, 0) is 9.59 Å². The molecule has 6 aromatic rings. The first kappa shape index (κ1) is 38.4. The standard InChI is InChI=1S/C43H46N8O4S2/c1-25(2)40(43(55)51-23-32(52)21-37(51)42(54)45-26(3)28-9-11-29(12-10-28)41-27(4)44-24-56-41)36-22-39(57-48-36)50-17-15-49(16-18-50)31-14-13-30-19-35(47-46-34(30)20-31)33-7-5-6-8-38(33)53/h5-14,19-20,22,24-26,32,37,40,52-53H,15-18,21,23H2,1-4H3,(H,45,54)/t26-,32+,37-,40+/m0/s1. The number of hydrogen-bond donors (Lipinski definition) is 3. The highest BCUT2D eigenvalue weighted by atomic mass is 32.1. The molecule has 2 aliphatic heterocycles.